The van der Waals surface area contributed by atoms with Crippen molar-refractivity contribution in [3.63, 3.8) is 0 Å². The Morgan fingerprint density at radius 3 is 2.79 bits per heavy atom. The average Bonchev–Trinajstić information content (AvgIpc) is 3.11. The normalized spacial score (nSPS) is 14.8. The van der Waals surface area contributed by atoms with Crippen LogP contribution in [0.1, 0.15) is 30.6 Å². The molecule has 0 saturated heterocycles. The molecule has 1 aliphatic carbocycles. The Morgan fingerprint density at radius 2 is 2.06 bits per heavy atom. The number of rotatable bonds is 10. The SMILES string of the molecule is CCOC(=O)COc1ccc(C(=O)CN2CC3=C(C=CC(=C=NSC)C3)C2=O)cc1SCC. The topological polar surface area (TPSA) is 85.3 Å². The molecule has 0 unspecified atom stereocenters. The molecule has 0 fully saturated rings. The minimum atomic E-state index is -0.444. The summed E-state index contributed by atoms with van der Waals surface area (Å²) in [7, 11) is 0. The molecule has 9 heteroatoms. The zero-order chi connectivity index (χ0) is 23.8. The molecule has 1 aliphatic heterocycles. The summed E-state index contributed by atoms with van der Waals surface area (Å²) in [4.78, 5) is 39.7. The summed E-state index contributed by atoms with van der Waals surface area (Å²) in [5, 5.41) is 0. The van der Waals surface area contributed by atoms with Crippen molar-refractivity contribution in [2.75, 3.05) is 38.3 Å². The van der Waals surface area contributed by atoms with Gasteiger partial charge in [0.25, 0.3) is 5.91 Å². The summed E-state index contributed by atoms with van der Waals surface area (Å²) in [6, 6.07) is 5.10. The Balaban J connectivity index is 1.67. The summed E-state index contributed by atoms with van der Waals surface area (Å²) in [6.45, 7) is 4.25. The maximum atomic E-state index is 13.0. The van der Waals surface area contributed by atoms with E-state index in [1.54, 1.807) is 36.1 Å². The quantitative estimate of drug-likeness (QED) is 0.163. The van der Waals surface area contributed by atoms with Crippen LogP contribution in [-0.2, 0) is 14.3 Å². The molecule has 0 saturated carbocycles. The number of allylic oxidation sites excluding steroid dienone is 2. The van der Waals surface area contributed by atoms with Crippen molar-refractivity contribution in [2.45, 2.75) is 25.2 Å². The van der Waals surface area contributed by atoms with Gasteiger partial charge in [0, 0.05) is 35.9 Å². The minimum Gasteiger partial charge on any atom is -0.481 e. The molecule has 7 nitrogen and oxygen atoms in total. The zero-order valence-corrected chi connectivity index (χ0v) is 20.5. The smallest absolute Gasteiger partial charge is 0.344 e. The summed E-state index contributed by atoms with van der Waals surface area (Å²) in [5.74, 6) is 3.55. The first kappa shape index (κ1) is 24.9. The number of amides is 1. The first-order valence-corrected chi connectivity index (χ1v) is 12.8. The summed E-state index contributed by atoms with van der Waals surface area (Å²) in [5.41, 5.74) is 3.06. The summed E-state index contributed by atoms with van der Waals surface area (Å²) in [6.07, 6.45) is 6.11. The third-order valence-corrected chi connectivity index (χ3v) is 6.16. The Morgan fingerprint density at radius 1 is 1.24 bits per heavy atom. The molecule has 0 bridgehead atoms. The highest BCUT2D eigenvalue weighted by Crippen LogP contribution is 2.32. The minimum absolute atomic E-state index is 0.00309. The van der Waals surface area contributed by atoms with Crippen LogP contribution in [0.4, 0.5) is 0 Å². The molecule has 1 heterocycles. The van der Waals surface area contributed by atoms with Gasteiger partial charge < -0.3 is 14.4 Å². The highest BCUT2D eigenvalue weighted by molar-refractivity contribution is 7.99. The molecule has 33 heavy (non-hydrogen) atoms. The van der Waals surface area contributed by atoms with E-state index in [0.29, 0.717) is 36.5 Å². The predicted octanol–water partition coefficient (Wildman–Crippen LogP) is 3.90. The lowest BCUT2D eigenvalue weighted by Gasteiger charge is -2.17. The lowest BCUT2D eigenvalue weighted by Crippen LogP contribution is -2.32. The van der Waals surface area contributed by atoms with Crippen LogP contribution in [0.3, 0.4) is 0 Å². The third kappa shape index (κ3) is 6.41. The second kappa shape index (κ2) is 11.9. The van der Waals surface area contributed by atoms with E-state index in [1.165, 1.54) is 23.7 Å². The van der Waals surface area contributed by atoms with Gasteiger partial charge in [-0.05, 0) is 66.4 Å². The molecule has 2 aliphatic rings. The fourth-order valence-electron chi connectivity index (χ4n) is 3.50. The second-order valence-corrected chi connectivity index (χ2v) is 9.06. The number of carbonyl (C=O) groups excluding carboxylic acids is 3. The van der Waals surface area contributed by atoms with Crippen LogP contribution in [-0.4, -0.2) is 66.7 Å². The van der Waals surface area contributed by atoms with Gasteiger partial charge in [-0.2, -0.15) is 4.40 Å². The highest BCUT2D eigenvalue weighted by atomic mass is 32.2. The average molecular weight is 487 g/mol. The Kier molecular flexibility index (Phi) is 9.00. The van der Waals surface area contributed by atoms with E-state index >= 15 is 0 Å². The first-order valence-electron chi connectivity index (χ1n) is 10.6. The van der Waals surface area contributed by atoms with Crippen LogP contribution in [0.5, 0.6) is 5.75 Å². The highest BCUT2D eigenvalue weighted by Gasteiger charge is 2.32. The van der Waals surface area contributed by atoms with Gasteiger partial charge in [-0.25, -0.2) is 4.79 Å². The van der Waals surface area contributed by atoms with Gasteiger partial charge >= 0.3 is 5.97 Å². The maximum absolute atomic E-state index is 13.0. The van der Waals surface area contributed by atoms with E-state index in [4.69, 9.17) is 9.47 Å². The van der Waals surface area contributed by atoms with E-state index in [1.807, 2.05) is 19.3 Å². The summed E-state index contributed by atoms with van der Waals surface area (Å²) < 4.78 is 14.5. The molecule has 3 rings (SSSR count). The fraction of sp³-hybridized carbons (Fsp3) is 0.375. The van der Waals surface area contributed by atoms with Crippen molar-refractivity contribution in [3.8, 4) is 5.75 Å². The van der Waals surface area contributed by atoms with Gasteiger partial charge in [0.2, 0.25) is 0 Å². The van der Waals surface area contributed by atoms with E-state index in [-0.39, 0.29) is 24.8 Å². The molecule has 1 aromatic carbocycles. The van der Waals surface area contributed by atoms with Crippen molar-refractivity contribution in [2.24, 2.45) is 4.40 Å². The number of hydrogen-bond acceptors (Lipinski definition) is 8. The molecular formula is C24H26N2O5S2. The van der Waals surface area contributed by atoms with Gasteiger partial charge in [0.15, 0.2) is 12.4 Å². The number of Topliss-reactive ketones (excluding diaryl/α,β-unsaturated/α-hetero) is 1. The Hall–Kier alpha value is -2.74. The van der Waals surface area contributed by atoms with Crippen LogP contribution in [0.2, 0.25) is 0 Å². The van der Waals surface area contributed by atoms with Gasteiger partial charge in [-0.15, -0.1) is 11.8 Å². The number of esters is 1. The molecule has 0 radical (unpaired) electrons. The third-order valence-electron chi connectivity index (χ3n) is 4.97. The van der Waals surface area contributed by atoms with E-state index in [2.05, 4.69) is 10.3 Å². The van der Waals surface area contributed by atoms with Crippen LogP contribution in [0.25, 0.3) is 0 Å². The molecule has 1 aromatic rings. The van der Waals surface area contributed by atoms with Crippen molar-refractivity contribution < 1.29 is 23.9 Å². The molecule has 0 spiro atoms. The lowest BCUT2D eigenvalue weighted by molar-refractivity contribution is -0.145. The van der Waals surface area contributed by atoms with E-state index < -0.39 is 5.97 Å². The van der Waals surface area contributed by atoms with Crippen LogP contribution in [0, 0.1) is 0 Å². The molecule has 0 atom stereocenters. The van der Waals surface area contributed by atoms with Crippen molar-refractivity contribution >= 4 is 47.2 Å². The van der Waals surface area contributed by atoms with Gasteiger partial charge in [-0.3, -0.25) is 9.59 Å². The van der Waals surface area contributed by atoms with Crippen molar-refractivity contribution in [1.82, 2.24) is 4.90 Å². The molecule has 1 amide bonds. The fourth-order valence-corrected chi connectivity index (χ4v) is 4.50. The number of ketones is 1. The van der Waals surface area contributed by atoms with Crippen LogP contribution < -0.4 is 4.74 Å². The maximum Gasteiger partial charge on any atom is 0.344 e. The predicted molar refractivity (Wildman–Crippen MR) is 131 cm³/mol. The molecular weight excluding hydrogens is 460 g/mol. The van der Waals surface area contributed by atoms with Gasteiger partial charge in [0.05, 0.1) is 18.0 Å². The lowest BCUT2D eigenvalue weighted by atomic mass is 9.97. The van der Waals surface area contributed by atoms with E-state index in [0.717, 1.165) is 21.8 Å². The number of thioether (sulfide) groups is 1. The van der Waals surface area contributed by atoms with Crippen LogP contribution in [0.15, 0.2) is 56.4 Å². The second-order valence-electron chi connectivity index (χ2n) is 7.21. The summed E-state index contributed by atoms with van der Waals surface area (Å²) >= 11 is 2.84. The van der Waals surface area contributed by atoms with Crippen LogP contribution >= 0.6 is 23.7 Å². The number of nitrogens with zero attached hydrogens (tertiary/aromatic N) is 2. The van der Waals surface area contributed by atoms with Crippen molar-refractivity contribution in [3.05, 3.63) is 52.6 Å². The number of hydrogen-bond donors (Lipinski definition) is 0. The van der Waals surface area contributed by atoms with Crippen molar-refractivity contribution in [1.29, 1.82) is 0 Å². The molecule has 0 N–H and O–H groups in total. The van der Waals surface area contributed by atoms with E-state index in [9.17, 15) is 14.4 Å². The standard InChI is InChI=1S/C24H26N2O5S2/c1-4-30-23(28)15-31-21-9-7-17(11-22(21)33-5-2)20(27)14-26-13-18-10-16(12-25-32-3)6-8-19(18)24(26)29/h6-9,11H,4-5,10,13-15H2,1-3H3. The van der Waals surface area contributed by atoms with Gasteiger partial charge in [0.1, 0.15) is 5.75 Å². The first-order chi connectivity index (χ1) is 16.0. The zero-order valence-electron chi connectivity index (χ0n) is 18.9. The number of carbonyl (C=O) groups is 3. The monoisotopic (exact) mass is 486 g/mol. The number of ether oxygens (including phenoxy) is 2. The number of benzene rings is 1. The molecule has 174 valence electrons. The Bertz CT molecular complexity index is 1070. The van der Waals surface area contributed by atoms with Gasteiger partial charge in [-0.1, -0.05) is 6.92 Å². The Labute approximate surface area is 202 Å². The molecule has 0 aromatic heterocycles. The largest absolute Gasteiger partial charge is 0.481 e.